The quantitative estimate of drug-likeness (QED) is 0.205. The molecule has 0 bridgehead atoms. The van der Waals surface area contributed by atoms with Crippen molar-refractivity contribution in [1.29, 1.82) is 0 Å². The van der Waals surface area contributed by atoms with E-state index in [0.717, 1.165) is 38.5 Å². The number of carbonyl (C=O) groups is 2. The lowest BCUT2D eigenvalue weighted by atomic mass is 10.1. The molecule has 26 heavy (non-hydrogen) atoms. The van der Waals surface area contributed by atoms with Crippen LogP contribution in [0.3, 0.4) is 0 Å². The highest BCUT2D eigenvalue weighted by Crippen LogP contribution is 2.11. The SMILES string of the molecule is CC=C(CCCC)COC(=O)CCCCC(=O)OCC(=CC)CCCC. The molecule has 0 heterocycles. The summed E-state index contributed by atoms with van der Waals surface area (Å²) in [6, 6.07) is 0. The second kappa shape index (κ2) is 16.9. The molecule has 0 unspecified atom stereocenters. The Hall–Kier alpha value is -1.58. The van der Waals surface area contributed by atoms with Crippen LogP contribution in [0.1, 0.15) is 91.9 Å². The normalized spacial score (nSPS) is 12.2. The molecule has 4 heteroatoms. The molecule has 4 nitrogen and oxygen atoms in total. The molecule has 0 aromatic rings. The predicted octanol–water partition coefficient (Wildman–Crippen LogP) is 5.91. The van der Waals surface area contributed by atoms with Crippen LogP contribution in [0.15, 0.2) is 23.3 Å². The van der Waals surface area contributed by atoms with E-state index in [1.165, 1.54) is 11.1 Å². The Morgan fingerprint density at radius 2 is 1.04 bits per heavy atom. The van der Waals surface area contributed by atoms with E-state index in [0.29, 0.717) is 38.9 Å². The van der Waals surface area contributed by atoms with Gasteiger partial charge in [-0.3, -0.25) is 9.59 Å². The van der Waals surface area contributed by atoms with Crippen LogP contribution in [0.4, 0.5) is 0 Å². The lowest BCUT2D eigenvalue weighted by Gasteiger charge is -2.09. The lowest BCUT2D eigenvalue weighted by Crippen LogP contribution is -2.09. The Morgan fingerprint density at radius 1 is 0.654 bits per heavy atom. The molecule has 0 rings (SSSR count). The molecule has 0 aliphatic rings. The van der Waals surface area contributed by atoms with Gasteiger partial charge < -0.3 is 9.47 Å². The average molecular weight is 367 g/mol. The number of ether oxygens (including phenoxy) is 2. The molecule has 0 spiro atoms. The molecular weight excluding hydrogens is 328 g/mol. The van der Waals surface area contributed by atoms with Crippen molar-refractivity contribution in [1.82, 2.24) is 0 Å². The number of allylic oxidation sites excluding steroid dienone is 2. The van der Waals surface area contributed by atoms with Gasteiger partial charge in [0.05, 0.1) is 0 Å². The van der Waals surface area contributed by atoms with Gasteiger partial charge in [-0.25, -0.2) is 0 Å². The molecule has 0 aliphatic carbocycles. The van der Waals surface area contributed by atoms with Crippen LogP contribution in [0.25, 0.3) is 0 Å². The minimum absolute atomic E-state index is 0.190. The van der Waals surface area contributed by atoms with Gasteiger partial charge in [0, 0.05) is 12.8 Å². The number of carbonyl (C=O) groups excluding carboxylic acids is 2. The summed E-state index contributed by atoms with van der Waals surface area (Å²) in [5.74, 6) is -0.380. The van der Waals surface area contributed by atoms with E-state index in [4.69, 9.17) is 9.47 Å². The molecule has 0 aliphatic heterocycles. The highest BCUT2D eigenvalue weighted by molar-refractivity contribution is 5.70. The third kappa shape index (κ3) is 13.7. The number of rotatable bonds is 15. The molecule has 0 fully saturated rings. The van der Waals surface area contributed by atoms with Gasteiger partial charge in [0.25, 0.3) is 0 Å². The van der Waals surface area contributed by atoms with E-state index >= 15 is 0 Å². The number of hydrogen-bond acceptors (Lipinski definition) is 4. The van der Waals surface area contributed by atoms with E-state index in [9.17, 15) is 9.59 Å². The van der Waals surface area contributed by atoms with Crippen molar-refractivity contribution in [3.8, 4) is 0 Å². The van der Waals surface area contributed by atoms with Crippen LogP contribution in [-0.4, -0.2) is 25.2 Å². The first kappa shape index (κ1) is 24.4. The van der Waals surface area contributed by atoms with Crippen LogP contribution in [-0.2, 0) is 19.1 Å². The lowest BCUT2D eigenvalue weighted by molar-refractivity contribution is -0.145. The molecule has 0 amide bonds. The van der Waals surface area contributed by atoms with Crippen molar-refractivity contribution in [3.63, 3.8) is 0 Å². The second-order valence-corrected chi connectivity index (χ2v) is 6.63. The summed E-state index contributed by atoms with van der Waals surface area (Å²) in [5.41, 5.74) is 2.35. The summed E-state index contributed by atoms with van der Waals surface area (Å²) in [7, 11) is 0. The van der Waals surface area contributed by atoms with Crippen LogP contribution in [0, 0.1) is 0 Å². The molecule has 0 aromatic carbocycles. The Bertz CT molecular complexity index is 407. The number of unbranched alkanes of at least 4 members (excludes halogenated alkanes) is 3. The fourth-order valence-corrected chi connectivity index (χ4v) is 2.44. The van der Waals surface area contributed by atoms with Crippen LogP contribution in [0.2, 0.25) is 0 Å². The van der Waals surface area contributed by atoms with Crippen LogP contribution < -0.4 is 0 Å². The fourth-order valence-electron chi connectivity index (χ4n) is 2.44. The minimum Gasteiger partial charge on any atom is -0.461 e. The Balaban J connectivity index is 3.80. The first-order chi connectivity index (χ1) is 12.6. The zero-order chi connectivity index (χ0) is 19.6. The van der Waals surface area contributed by atoms with Gasteiger partial charge in [0.1, 0.15) is 13.2 Å². The first-order valence-corrected chi connectivity index (χ1v) is 10.2. The van der Waals surface area contributed by atoms with Gasteiger partial charge in [-0.15, -0.1) is 0 Å². The average Bonchev–Trinajstić information content (AvgIpc) is 2.65. The highest BCUT2D eigenvalue weighted by atomic mass is 16.5. The Morgan fingerprint density at radius 3 is 1.35 bits per heavy atom. The Kier molecular flexibility index (Phi) is 15.8. The summed E-state index contributed by atoms with van der Waals surface area (Å²) in [5, 5.41) is 0. The van der Waals surface area contributed by atoms with Crippen molar-refractivity contribution in [3.05, 3.63) is 23.3 Å². The van der Waals surface area contributed by atoms with E-state index in [1.807, 2.05) is 26.0 Å². The van der Waals surface area contributed by atoms with Gasteiger partial charge in [0.15, 0.2) is 0 Å². The van der Waals surface area contributed by atoms with E-state index in [1.54, 1.807) is 0 Å². The number of esters is 2. The summed E-state index contributed by atoms with van der Waals surface area (Å²) < 4.78 is 10.6. The molecule has 0 saturated heterocycles. The number of hydrogen-bond donors (Lipinski definition) is 0. The van der Waals surface area contributed by atoms with Gasteiger partial charge >= 0.3 is 11.9 Å². The zero-order valence-corrected chi connectivity index (χ0v) is 17.3. The molecule has 0 atom stereocenters. The molecule has 0 N–H and O–H groups in total. The summed E-state index contributed by atoms with van der Waals surface area (Å²) >= 11 is 0. The third-order valence-corrected chi connectivity index (χ3v) is 4.37. The summed E-state index contributed by atoms with van der Waals surface area (Å²) in [6.45, 7) is 9.03. The second-order valence-electron chi connectivity index (χ2n) is 6.63. The fraction of sp³-hybridized carbons (Fsp3) is 0.727. The minimum atomic E-state index is -0.190. The smallest absolute Gasteiger partial charge is 0.306 e. The van der Waals surface area contributed by atoms with Crippen LogP contribution in [0.5, 0.6) is 0 Å². The maximum atomic E-state index is 11.8. The van der Waals surface area contributed by atoms with Gasteiger partial charge in [-0.05, 0) is 63.5 Å². The maximum absolute atomic E-state index is 11.8. The monoisotopic (exact) mass is 366 g/mol. The van der Waals surface area contributed by atoms with Crippen molar-refractivity contribution in [2.24, 2.45) is 0 Å². The zero-order valence-electron chi connectivity index (χ0n) is 17.3. The molecule has 0 aromatic heterocycles. The van der Waals surface area contributed by atoms with E-state index < -0.39 is 0 Å². The largest absolute Gasteiger partial charge is 0.461 e. The predicted molar refractivity (Wildman–Crippen MR) is 107 cm³/mol. The molecule has 0 radical (unpaired) electrons. The molecule has 0 saturated carbocycles. The van der Waals surface area contributed by atoms with E-state index in [-0.39, 0.29) is 11.9 Å². The topological polar surface area (TPSA) is 52.6 Å². The van der Waals surface area contributed by atoms with Gasteiger partial charge in [-0.1, -0.05) is 38.8 Å². The van der Waals surface area contributed by atoms with Crippen molar-refractivity contribution in [2.75, 3.05) is 13.2 Å². The van der Waals surface area contributed by atoms with Gasteiger partial charge in [-0.2, -0.15) is 0 Å². The molecular formula is C22H38O4. The van der Waals surface area contributed by atoms with Crippen LogP contribution >= 0.6 is 0 Å². The Labute approximate surface area is 160 Å². The molecule has 150 valence electrons. The maximum Gasteiger partial charge on any atom is 0.306 e. The van der Waals surface area contributed by atoms with E-state index in [2.05, 4.69) is 13.8 Å². The standard InChI is InChI=1S/C22H38O4/c1-5-9-13-19(7-3)17-25-21(23)15-11-12-16-22(24)26-18-20(8-4)14-10-6-2/h7-8H,5-6,9-18H2,1-4H3. The third-order valence-electron chi connectivity index (χ3n) is 4.37. The summed E-state index contributed by atoms with van der Waals surface area (Å²) in [4.78, 5) is 23.5. The van der Waals surface area contributed by atoms with Crippen molar-refractivity contribution in [2.45, 2.75) is 91.9 Å². The first-order valence-electron chi connectivity index (χ1n) is 10.2. The van der Waals surface area contributed by atoms with Crippen molar-refractivity contribution < 1.29 is 19.1 Å². The highest BCUT2D eigenvalue weighted by Gasteiger charge is 2.08. The van der Waals surface area contributed by atoms with Gasteiger partial charge in [0.2, 0.25) is 0 Å². The van der Waals surface area contributed by atoms with Crippen molar-refractivity contribution >= 4 is 11.9 Å². The summed E-state index contributed by atoms with van der Waals surface area (Å²) in [6.07, 6.45) is 12.5.